The normalized spacial score (nSPS) is 27.0. The molecule has 1 saturated heterocycles. The van der Waals surface area contributed by atoms with E-state index < -0.39 is 54.2 Å². The Morgan fingerprint density at radius 1 is 1.11 bits per heavy atom. The SMILES string of the molecule is CN(C)C(=O)[C@]12C[C@H]1[C@@](C)(c1cc(B3OC(C)(C)C(C)(C)O3)ccc1F)N=C(N(COCC[Si](C)(C)C)C(=O)OC(C)(C)C)S2. The van der Waals surface area contributed by atoms with Crippen molar-refractivity contribution in [2.24, 2.45) is 10.9 Å². The van der Waals surface area contributed by atoms with Crippen molar-refractivity contribution in [3.05, 3.63) is 29.6 Å². The van der Waals surface area contributed by atoms with Crippen LogP contribution in [0, 0.1) is 11.7 Å². The van der Waals surface area contributed by atoms with Gasteiger partial charge in [-0.3, -0.25) is 9.79 Å². The van der Waals surface area contributed by atoms with Gasteiger partial charge in [0.1, 0.15) is 22.9 Å². The number of carbonyl (C=O) groups is 2. The summed E-state index contributed by atoms with van der Waals surface area (Å²) in [6, 6.07) is 5.71. The fourth-order valence-corrected chi connectivity index (χ4v) is 8.03. The Morgan fingerprint density at radius 2 is 1.71 bits per heavy atom. The van der Waals surface area contributed by atoms with E-state index in [0.29, 0.717) is 24.1 Å². The summed E-state index contributed by atoms with van der Waals surface area (Å²) in [5.74, 6) is -0.881. The number of fused-ring (bicyclic) bond motifs is 1. The van der Waals surface area contributed by atoms with Crippen LogP contribution in [0.5, 0.6) is 0 Å². The first-order valence-electron chi connectivity index (χ1n) is 15.7. The van der Waals surface area contributed by atoms with Crippen LogP contribution in [0.15, 0.2) is 23.2 Å². The Morgan fingerprint density at radius 3 is 2.24 bits per heavy atom. The number of rotatable bonds is 8. The lowest BCUT2D eigenvalue weighted by atomic mass is 9.75. The fourth-order valence-electron chi connectivity index (χ4n) is 5.59. The number of ether oxygens (including phenoxy) is 2. The minimum absolute atomic E-state index is 0.103. The van der Waals surface area contributed by atoms with E-state index in [1.807, 2.05) is 34.6 Å². The fraction of sp³-hybridized carbons (Fsp3) is 0.719. The van der Waals surface area contributed by atoms with E-state index >= 15 is 4.39 Å². The zero-order chi connectivity index (χ0) is 34.0. The van der Waals surface area contributed by atoms with Crippen molar-refractivity contribution in [2.75, 3.05) is 27.4 Å². The highest BCUT2D eigenvalue weighted by Gasteiger charge is 2.72. The molecule has 3 atom stereocenters. The van der Waals surface area contributed by atoms with Crippen molar-refractivity contribution in [1.29, 1.82) is 0 Å². The molecule has 1 aromatic carbocycles. The van der Waals surface area contributed by atoms with Gasteiger partial charge in [-0.1, -0.05) is 43.5 Å². The van der Waals surface area contributed by atoms with E-state index in [0.717, 1.165) is 6.04 Å². The topological polar surface area (TPSA) is 89.9 Å². The minimum atomic E-state index is -1.39. The van der Waals surface area contributed by atoms with E-state index in [1.165, 1.54) is 22.7 Å². The second-order valence-electron chi connectivity index (χ2n) is 16.1. The van der Waals surface area contributed by atoms with Gasteiger partial charge in [0, 0.05) is 40.3 Å². The highest BCUT2D eigenvalue weighted by molar-refractivity contribution is 8.16. The van der Waals surface area contributed by atoms with Crippen molar-refractivity contribution in [1.82, 2.24) is 9.80 Å². The smallest absolute Gasteiger partial charge is 0.443 e. The van der Waals surface area contributed by atoms with Gasteiger partial charge in [0.15, 0.2) is 5.17 Å². The first kappa shape index (κ1) is 35.9. The summed E-state index contributed by atoms with van der Waals surface area (Å²) in [4.78, 5) is 35.5. The van der Waals surface area contributed by atoms with E-state index in [-0.39, 0.29) is 23.7 Å². The van der Waals surface area contributed by atoms with Gasteiger partial charge in [0.2, 0.25) is 5.91 Å². The van der Waals surface area contributed by atoms with Crippen LogP contribution in [-0.4, -0.2) is 91.1 Å². The maximum absolute atomic E-state index is 16.0. The largest absolute Gasteiger partial charge is 0.494 e. The predicted molar refractivity (Wildman–Crippen MR) is 181 cm³/mol. The standard InChI is InChI=1S/C32H51BFN3O6SSi/c1-28(2,3)41-27(39)37(20-40-16-17-45(11,12)13)26-35-31(8,24-19-32(24,44-26)25(38)36(9)10)22-18-21(14-15-23(22)34)33-42-29(4,5)30(6,7)43-33/h14-15,18,24H,16-17,19-20H2,1-13H3/t24-,31+,32-/m0/s1. The molecule has 250 valence electrons. The molecule has 2 fully saturated rings. The monoisotopic (exact) mass is 663 g/mol. The number of hydrogen-bond acceptors (Lipinski definition) is 8. The number of halogens is 1. The van der Waals surface area contributed by atoms with Crippen LogP contribution in [0.25, 0.3) is 0 Å². The summed E-state index contributed by atoms with van der Waals surface area (Å²) >= 11 is 1.24. The maximum Gasteiger partial charge on any atom is 0.494 e. The van der Waals surface area contributed by atoms with Crippen LogP contribution >= 0.6 is 11.8 Å². The molecule has 1 saturated carbocycles. The third-order valence-electron chi connectivity index (χ3n) is 9.08. The molecule has 0 radical (unpaired) electrons. The summed E-state index contributed by atoms with van der Waals surface area (Å²) in [5, 5.41) is 0.268. The number of carbonyl (C=O) groups excluding carboxylic acids is 2. The quantitative estimate of drug-likeness (QED) is 0.196. The average molecular weight is 664 g/mol. The van der Waals surface area contributed by atoms with Crippen LogP contribution in [0.3, 0.4) is 0 Å². The number of aliphatic imine (C=N–C) groups is 1. The molecule has 2 heterocycles. The number of amidine groups is 1. The Kier molecular flexibility index (Phi) is 9.54. The number of benzene rings is 1. The van der Waals surface area contributed by atoms with Gasteiger partial charge in [-0.25, -0.2) is 14.1 Å². The van der Waals surface area contributed by atoms with Gasteiger partial charge in [-0.05, 0) is 79.4 Å². The van der Waals surface area contributed by atoms with Crippen LogP contribution in [0.1, 0.15) is 67.4 Å². The second kappa shape index (κ2) is 11.9. The number of thioether (sulfide) groups is 1. The van der Waals surface area contributed by atoms with Gasteiger partial charge in [-0.15, -0.1) is 0 Å². The number of amides is 2. The molecule has 2 amide bonds. The summed E-state index contributed by atoms with van der Waals surface area (Å²) in [5.41, 5.74) is -2.14. The second-order valence-corrected chi connectivity index (χ2v) is 23.0. The molecule has 0 unspecified atom stereocenters. The van der Waals surface area contributed by atoms with Gasteiger partial charge < -0.3 is 23.7 Å². The van der Waals surface area contributed by atoms with E-state index in [2.05, 4.69) is 19.6 Å². The summed E-state index contributed by atoms with van der Waals surface area (Å²) in [6.45, 7) is 22.2. The van der Waals surface area contributed by atoms with Gasteiger partial charge >= 0.3 is 13.2 Å². The van der Waals surface area contributed by atoms with E-state index in [4.69, 9.17) is 23.8 Å². The van der Waals surface area contributed by atoms with Crippen LogP contribution < -0.4 is 5.46 Å². The van der Waals surface area contributed by atoms with Crippen molar-refractivity contribution in [3.63, 3.8) is 0 Å². The zero-order valence-electron chi connectivity index (χ0n) is 29.3. The Labute approximate surface area is 274 Å². The predicted octanol–water partition coefficient (Wildman–Crippen LogP) is 5.84. The lowest BCUT2D eigenvalue weighted by molar-refractivity contribution is -0.129. The molecule has 1 aliphatic carbocycles. The van der Waals surface area contributed by atoms with Gasteiger partial charge in [-0.2, -0.15) is 0 Å². The molecular weight excluding hydrogens is 612 g/mol. The van der Waals surface area contributed by atoms with Crippen LogP contribution in [0.2, 0.25) is 25.7 Å². The first-order chi connectivity index (χ1) is 20.4. The van der Waals surface area contributed by atoms with E-state index in [9.17, 15) is 9.59 Å². The van der Waals surface area contributed by atoms with Crippen molar-refractivity contribution in [2.45, 2.75) is 115 Å². The van der Waals surface area contributed by atoms with Crippen molar-refractivity contribution in [3.8, 4) is 0 Å². The minimum Gasteiger partial charge on any atom is -0.443 e. The summed E-state index contributed by atoms with van der Waals surface area (Å²) < 4.78 is 39.4. The lowest BCUT2D eigenvalue weighted by Crippen LogP contribution is -2.49. The lowest BCUT2D eigenvalue weighted by Gasteiger charge is -2.38. The number of nitrogens with zero attached hydrogens (tertiary/aromatic N) is 3. The maximum atomic E-state index is 16.0. The molecule has 3 aliphatic rings. The molecule has 0 spiro atoms. The zero-order valence-corrected chi connectivity index (χ0v) is 31.1. The van der Waals surface area contributed by atoms with Crippen molar-refractivity contribution >= 4 is 49.6 Å². The van der Waals surface area contributed by atoms with Gasteiger partial charge in [0.25, 0.3) is 0 Å². The molecule has 0 bridgehead atoms. The first-order valence-corrected chi connectivity index (χ1v) is 20.2. The Hall–Kier alpha value is -1.93. The van der Waals surface area contributed by atoms with E-state index in [1.54, 1.807) is 51.9 Å². The van der Waals surface area contributed by atoms with Crippen molar-refractivity contribution < 1.29 is 32.8 Å². The summed E-state index contributed by atoms with van der Waals surface area (Å²) in [7, 11) is 1.32. The molecule has 1 aromatic rings. The molecule has 9 nitrogen and oxygen atoms in total. The average Bonchev–Trinajstić information content (AvgIpc) is 3.58. The molecule has 2 aliphatic heterocycles. The molecule has 45 heavy (non-hydrogen) atoms. The van der Waals surface area contributed by atoms with Crippen LogP contribution in [0.4, 0.5) is 9.18 Å². The molecule has 0 N–H and O–H groups in total. The molecular formula is C32H51BFN3O6SSi. The highest BCUT2D eigenvalue weighted by Crippen LogP contribution is 2.67. The molecule has 4 rings (SSSR count). The molecule has 13 heteroatoms. The number of hydrogen-bond donors (Lipinski definition) is 0. The summed E-state index contributed by atoms with van der Waals surface area (Å²) in [6.07, 6.45) is -0.168. The van der Waals surface area contributed by atoms with Crippen LogP contribution in [-0.2, 0) is 29.1 Å². The Balaban J connectivity index is 1.80. The third kappa shape index (κ3) is 7.32. The highest BCUT2D eigenvalue weighted by atomic mass is 32.2. The van der Waals surface area contributed by atoms with Gasteiger partial charge in [0.05, 0.1) is 16.7 Å². The molecule has 0 aromatic heterocycles. The third-order valence-corrected chi connectivity index (χ3v) is 12.3. The Bertz CT molecular complexity index is 1350.